The van der Waals surface area contributed by atoms with Crippen molar-refractivity contribution in [1.29, 1.82) is 0 Å². The molecule has 106 valence electrons. The standard InChI is InChI=1S/C18H16O3/c1-13(10-15-5-3-7-17(20)12-15)18(21)9-8-14-4-2-6-16(19)11-14/h2-12,19-20H,1H3/b9-8+,13-10+. The molecule has 2 aromatic rings. The number of carbonyl (C=O) groups excluding carboxylic acids is 1. The van der Waals surface area contributed by atoms with Crippen molar-refractivity contribution >= 4 is 17.9 Å². The molecule has 2 N–H and O–H groups in total. The Balaban J connectivity index is 2.12. The number of ketones is 1. The molecule has 2 aromatic carbocycles. The molecule has 0 bridgehead atoms. The minimum Gasteiger partial charge on any atom is -0.508 e. The van der Waals surface area contributed by atoms with Crippen LogP contribution in [-0.4, -0.2) is 16.0 Å². The van der Waals surface area contributed by atoms with Gasteiger partial charge in [0.15, 0.2) is 5.78 Å². The van der Waals surface area contributed by atoms with Crippen LogP contribution in [-0.2, 0) is 4.79 Å². The second-order valence-electron chi connectivity index (χ2n) is 4.71. The van der Waals surface area contributed by atoms with Gasteiger partial charge >= 0.3 is 0 Å². The summed E-state index contributed by atoms with van der Waals surface area (Å²) in [6.45, 7) is 1.72. The molecule has 3 heteroatoms. The Bertz CT molecular complexity index is 712. The zero-order valence-electron chi connectivity index (χ0n) is 11.7. The minimum atomic E-state index is -0.123. The Labute approximate surface area is 123 Å². The van der Waals surface area contributed by atoms with Gasteiger partial charge in [-0.3, -0.25) is 4.79 Å². The number of rotatable bonds is 4. The van der Waals surface area contributed by atoms with E-state index >= 15 is 0 Å². The third-order valence-corrected chi connectivity index (χ3v) is 2.94. The van der Waals surface area contributed by atoms with E-state index in [0.717, 1.165) is 11.1 Å². The summed E-state index contributed by atoms with van der Waals surface area (Å²) < 4.78 is 0. The highest BCUT2D eigenvalue weighted by molar-refractivity contribution is 6.08. The Morgan fingerprint density at radius 2 is 1.52 bits per heavy atom. The first-order chi connectivity index (χ1) is 10.0. The number of hydrogen-bond acceptors (Lipinski definition) is 3. The van der Waals surface area contributed by atoms with E-state index in [4.69, 9.17) is 0 Å². The van der Waals surface area contributed by atoms with Crippen LogP contribution in [0.25, 0.3) is 12.2 Å². The largest absolute Gasteiger partial charge is 0.508 e. The molecule has 0 unspecified atom stereocenters. The van der Waals surface area contributed by atoms with Crippen LogP contribution in [0.15, 0.2) is 60.2 Å². The minimum absolute atomic E-state index is 0.123. The van der Waals surface area contributed by atoms with E-state index in [9.17, 15) is 15.0 Å². The number of carbonyl (C=O) groups is 1. The molecule has 0 aliphatic rings. The topological polar surface area (TPSA) is 57.5 Å². The highest BCUT2D eigenvalue weighted by Gasteiger charge is 2.01. The maximum atomic E-state index is 12.0. The second kappa shape index (κ2) is 6.57. The summed E-state index contributed by atoms with van der Waals surface area (Å²) >= 11 is 0. The van der Waals surface area contributed by atoms with Crippen molar-refractivity contribution in [1.82, 2.24) is 0 Å². The lowest BCUT2D eigenvalue weighted by Crippen LogP contribution is -1.93. The van der Waals surface area contributed by atoms with Crippen LogP contribution in [0.2, 0.25) is 0 Å². The molecular formula is C18H16O3. The molecule has 0 saturated carbocycles. The quantitative estimate of drug-likeness (QED) is 0.838. The zero-order chi connectivity index (χ0) is 15.2. The first-order valence-electron chi connectivity index (χ1n) is 6.53. The maximum Gasteiger partial charge on any atom is 0.181 e. The molecule has 0 heterocycles. The van der Waals surface area contributed by atoms with E-state index in [2.05, 4.69) is 0 Å². The Morgan fingerprint density at radius 3 is 2.14 bits per heavy atom. The van der Waals surface area contributed by atoms with Gasteiger partial charge in [0, 0.05) is 0 Å². The molecule has 0 aromatic heterocycles. The third kappa shape index (κ3) is 4.35. The van der Waals surface area contributed by atoms with Crippen LogP contribution >= 0.6 is 0 Å². The molecule has 0 spiro atoms. The van der Waals surface area contributed by atoms with Crippen LogP contribution in [0.5, 0.6) is 11.5 Å². The normalized spacial score (nSPS) is 11.8. The summed E-state index contributed by atoms with van der Waals surface area (Å²) in [4.78, 5) is 12.0. The third-order valence-electron chi connectivity index (χ3n) is 2.94. The summed E-state index contributed by atoms with van der Waals surface area (Å²) in [6, 6.07) is 13.4. The molecule has 0 saturated heterocycles. The number of allylic oxidation sites excluding steroid dienone is 2. The summed E-state index contributed by atoms with van der Waals surface area (Å²) in [5, 5.41) is 18.7. The lowest BCUT2D eigenvalue weighted by atomic mass is 10.1. The van der Waals surface area contributed by atoms with E-state index in [1.165, 1.54) is 6.08 Å². The van der Waals surface area contributed by atoms with E-state index in [-0.39, 0.29) is 17.3 Å². The Morgan fingerprint density at radius 1 is 0.952 bits per heavy atom. The summed E-state index contributed by atoms with van der Waals surface area (Å²) in [6.07, 6.45) is 4.83. The average Bonchev–Trinajstić information content (AvgIpc) is 2.45. The van der Waals surface area contributed by atoms with Crippen LogP contribution < -0.4 is 0 Å². The van der Waals surface area contributed by atoms with Crippen LogP contribution in [0.3, 0.4) is 0 Å². The fourth-order valence-electron chi connectivity index (χ4n) is 1.87. The zero-order valence-corrected chi connectivity index (χ0v) is 11.7. The van der Waals surface area contributed by atoms with Gasteiger partial charge in [0.2, 0.25) is 0 Å². The van der Waals surface area contributed by atoms with Crippen molar-refractivity contribution in [2.75, 3.05) is 0 Å². The SMILES string of the molecule is C/C(=C\c1cccc(O)c1)C(=O)/C=C/c1cccc(O)c1. The van der Waals surface area contributed by atoms with Gasteiger partial charge in [-0.25, -0.2) is 0 Å². The number of aromatic hydroxyl groups is 2. The van der Waals surface area contributed by atoms with Crippen molar-refractivity contribution in [3.8, 4) is 11.5 Å². The molecule has 0 aliphatic heterocycles. The molecule has 0 atom stereocenters. The smallest absolute Gasteiger partial charge is 0.181 e. The molecule has 0 amide bonds. The fraction of sp³-hybridized carbons (Fsp3) is 0.0556. The monoisotopic (exact) mass is 280 g/mol. The van der Waals surface area contributed by atoms with Crippen molar-refractivity contribution in [2.24, 2.45) is 0 Å². The molecule has 2 rings (SSSR count). The average molecular weight is 280 g/mol. The van der Waals surface area contributed by atoms with Crippen molar-refractivity contribution in [3.05, 3.63) is 71.3 Å². The first kappa shape index (κ1) is 14.6. The predicted molar refractivity (Wildman–Crippen MR) is 83.9 cm³/mol. The number of benzene rings is 2. The van der Waals surface area contributed by atoms with Gasteiger partial charge in [-0.15, -0.1) is 0 Å². The molecule has 0 radical (unpaired) electrons. The molecular weight excluding hydrogens is 264 g/mol. The van der Waals surface area contributed by atoms with Crippen LogP contribution in [0.4, 0.5) is 0 Å². The molecule has 0 fully saturated rings. The number of phenolic OH excluding ortho intramolecular Hbond substituents is 2. The van der Waals surface area contributed by atoms with Crippen molar-refractivity contribution < 1.29 is 15.0 Å². The molecule has 21 heavy (non-hydrogen) atoms. The van der Waals surface area contributed by atoms with Gasteiger partial charge in [-0.2, -0.15) is 0 Å². The summed E-state index contributed by atoms with van der Waals surface area (Å²) in [5.41, 5.74) is 2.09. The Kier molecular flexibility index (Phi) is 4.57. The van der Waals surface area contributed by atoms with Gasteiger partial charge < -0.3 is 10.2 Å². The van der Waals surface area contributed by atoms with Gasteiger partial charge in [-0.1, -0.05) is 30.3 Å². The highest BCUT2D eigenvalue weighted by Crippen LogP contribution is 2.15. The number of phenols is 2. The van der Waals surface area contributed by atoms with E-state index in [0.29, 0.717) is 5.57 Å². The summed E-state index contributed by atoms with van der Waals surface area (Å²) in [5.74, 6) is 0.206. The fourth-order valence-corrected chi connectivity index (χ4v) is 1.87. The van der Waals surface area contributed by atoms with Gasteiger partial charge in [0.05, 0.1) is 0 Å². The highest BCUT2D eigenvalue weighted by atomic mass is 16.3. The van der Waals surface area contributed by atoms with Gasteiger partial charge in [0.25, 0.3) is 0 Å². The maximum absolute atomic E-state index is 12.0. The van der Waals surface area contributed by atoms with Crippen molar-refractivity contribution in [3.63, 3.8) is 0 Å². The summed E-state index contributed by atoms with van der Waals surface area (Å²) in [7, 11) is 0. The van der Waals surface area contributed by atoms with Gasteiger partial charge in [-0.05, 0) is 60.0 Å². The van der Waals surface area contributed by atoms with Crippen LogP contribution in [0.1, 0.15) is 18.1 Å². The Hall–Kier alpha value is -2.81. The van der Waals surface area contributed by atoms with Crippen molar-refractivity contribution in [2.45, 2.75) is 6.92 Å². The van der Waals surface area contributed by atoms with Crippen LogP contribution in [0, 0.1) is 0 Å². The van der Waals surface area contributed by atoms with Gasteiger partial charge in [0.1, 0.15) is 11.5 Å². The molecule has 0 aliphatic carbocycles. The van der Waals surface area contributed by atoms with E-state index in [1.807, 2.05) is 6.07 Å². The predicted octanol–water partition coefficient (Wildman–Crippen LogP) is 3.78. The molecule has 3 nitrogen and oxygen atoms in total. The lowest BCUT2D eigenvalue weighted by Gasteiger charge is -1.99. The second-order valence-corrected chi connectivity index (χ2v) is 4.71. The van der Waals surface area contributed by atoms with E-state index in [1.54, 1.807) is 61.5 Å². The van der Waals surface area contributed by atoms with E-state index < -0.39 is 0 Å². The first-order valence-corrected chi connectivity index (χ1v) is 6.53. The number of hydrogen-bond donors (Lipinski definition) is 2. The lowest BCUT2D eigenvalue weighted by molar-refractivity contribution is -0.111.